The third-order valence-electron chi connectivity index (χ3n) is 2.68. The highest BCUT2D eigenvalue weighted by molar-refractivity contribution is 5.38. The first kappa shape index (κ1) is 14.0. The molecule has 0 saturated heterocycles. The Morgan fingerprint density at radius 1 is 1.24 bits per heavy atom. The van der Waals surface area contributed by atoms with Crippen LogP contribution >= 0.6 is 0 Å². The Morgan fingerprint density at radius 2 is 2.00 bits per heavy atom. The Hall–Kier alpha value is -1.06. The number of aliphatic hydroxyl groups is 2. The molecular formula is C14H22O3. The molecular weight excluding hydrogens is 216 g/mol. The van der Waals surface area contributed by atoms with Crippen molar-refractivity contribution in [2.45, 2.75) is 39.2 Å². The van der Waals surface area contributed by atoms with E-state index in [0.717, 1.165) is 36.1 Å². The van der Waals surface area contributed by atoms with E-state index in [1.165, 1.54) is 0 Å². The van der Waals surface area contributed by atoms with Gasteiger partial charge in [-0.25, -0.2) is 0 Å². The first-order valence-corrected chi connectivity index (χ1v) is 6.17. The number of ether oxygens (including phenoxy) is 1. The van der Waals surface area contributed by atoms with E-state index >= 15 is 0 Å². The van der Waals surface area contributed by atoms with Crippen LogP contribution in [-0.2, 0) is 0 Å². The van der Waals surface area contributed by atoms with E-state index < -0.39 is 6.10 Å². The number of unbranched alkanes of at least 4 members (excludes halogenated alkanes) is 2. The maximum absolute atomic E-state index is 9.62. The summed E-state index contributed by atoms with van der Waals surface area (Å²) < 4.78 is 5.68. The van der Waals surface area contributed by atoms with Gasteiger partial charge in [-0.15, -0.1) is 0 Å². The summed E-state index contributed by atoms with van der Waals surface area (Å²) in [5, 5.41) is 18.3. The number of aryl methyl sites for hydroxylation is 1. The van der Waals surface area contributed by atoms with Gasteiger partial charge in [0.25, 0.3) is 0 Å². The standard InChI is InChI=1S/C14H22O3/c1-11-6-7-13(12(2)16)14(10-11)17-9-5-3-4-8-15/h6-7,10,12,15-16H,3-5,8-9H2,1-2H3. The lowest BCUT2D eigenvalue weighted by molar-refractivity contribution is 0.190. The predicted molar refractivity (Wildman–Crippen MR) is 68.2 cm³/mol. The first-order chi connectivity index (χ1) is 8.15. The molecule has 0 aromatic heterocycles. The van der Waals surface area contributed by atoms with Gasteiger partial charge in [0, 0.05) is 12.2 Å². The van der Waals surface area contributed by atoms with Gasteiger partial charge in [0.05, 0.1) is 12.7 Å². The van der Waals surface area contributed by atoms with Crippen molar-refractivity contribution in [2.24, 2.45) is 0 Å². The van der Waals surface area contributed by atoms with Crippen molar-refractivity contribution in [3.63, 3.8) is 0 Å². The summed E-state index contributed by atoms with van der Waals surface area (Å²) in [6.07, 6.45) is 2.20. The molecule has 0 heterocycles. The normalized spacial score (nSPS) is 12.5. The van der Waals surface area contributed by atoms with Gasteiger partial charge in [-0.05, 0) is 44.7 Å². The predicted octanol–water partition coefficient (Wildman–Crippen LogP) is 2.59. The minimum atomic E-state index is -0.511. The molecule has 0 aliphatic heterocycles. The van der Waals surface area contributed by atoms with Gasteiger partial charge in [0.15, 0.2) is 0 Å². The molecule has 0 aliphatic carbocycles. The summed E-state index contributed by atoms with van der Waals surface area (Å²) in [7, 11) is 0. The monoisotopic (exact) mass is 238 g/mol. The summed E-state index contributed by atoms with van der Waals surface area (Å²) >= 11 is 0. The zero-order valence-electron chi connectivity index (χ0n) is 10.6. The highest BCUT2D eigenvalue weighted by Gasteiger charge is 2.08. The lowest BCUT2D eigenvalue weighted by Crippen LogP contribution is -2.03. The van der Waals surface area contributed by atoms with Crippen LogP contribution in [0.25, 0.3) is 0 Å². The largest absolute Gasteiger partial charge is 0.493 e. The quantitative estimate of drug-likeness (QED) is 0.718. The zero-order valence-corrected chi connectivity index (χ0v) is 10.6. The molecule has 0 bridgehead atoms. The van der Waals surface area contributed by atoms with Crippen molar-refractivity contribution >= 4 is 0 Å². The van der Waals surface area contributed by atoms with Gasteiger partial charge >= 0.3 is 0 Å². The molecule has 0 fully saturated rings. The van der Waals surface area contributed by atoms with Gasteiger partial charge < -0.3 is 14.9 Å². The third-order valence-corrected chi connectivity index (χ3v) is 2.68. The molecule has 96 valence electrons. The lowest BCUT2D eigenvalue weighted by atomic mass is 10.1. The van der Waals surface area contributed by atoms with Crippen LogP contribution in [0.5, 0.6) is 5.75 Å². The second-order valence-corrected chi connectivity index (χ2v) is 4.35. The number of rotatable bonds is 7. The minimum Gasteiger partial charge on any atom is -0.493 e. The molecule has 0 aliphatic rings. The topological polar surface area (TPSA) is 49.7 Å². The Kier molecular flexibility index (Phi) is 6.01. The van der Waals surface area contributed by atoms with E-state index in [-0.39, 0.29) is 6.61 Å². The van der Waals surface area contributed by atoms with Gasteiger partial charge in [0.1, 0.15) is 5.75 Å². The first-order valence-electron chi connectivity index (χ1n) is 6.17. The summed E-state index contributed by atoms with van der Waals surface area (Å²) in [6.45, 7) is 4.61. The smallest absolute Gasteiger partial charge is 0.125 e. The average Bonchev–Trinajstić information content (AvgIpc) is 2.28. The summed E-state index contributed by atoms with van der Waals surface area (Å²) in [4.78, 5) is 0. The van der Waals surface area contributed by atoms with Gasteiger partial charge in [-0.1, -0.05) is 12.1 Å². The Bertz CT molecular complexity index is 334. The molecule has 1 rings (SSSR count). The number of benzene rings is 1. The molecule has 3 nitrogen and oxygen atoms in total. The Labute approximate surface area is 103 Å². The van der Waals surface area contributed by atoms with Crippen molar-refractivity contribution in [1.82, 2.24) is 0 Å². The van der Waals surface area contributed by atoms with Crippen molar-refractivity contribution in [2.75, 3.05) is 13.2 Å². The molecule has 0 saturated carbocycles. The second kappa shape index (κ2) is 7.30. The van der Waals surface area contributed by atoms with E-state index in [4.69, 9.17) is 9.84 Å². The number of hydrogen-bond acceptors (Lipinski definition) is 3. The molecule has 2 N–H and O–H groups in total. The molecule has 1 unspecified atom stereocenters. The molecule has 1 aromatic carbocycles. The van der Waals surface area contributed by atoms with Crippen LogP contribution in [-0.4, -0.2) is 23.4 Å². The Morgan fingerprint density at radius 3 is 2.65 bits per heavy atom. The van der Waals surface area contributed by atoms with E-state index in [0.29, 0.717) is 6.61 Å². The maximum Gasteiger partial charge on any atom is 0.125 e. The number of aliphatic hydroxyl groups excluding tert-OH is 2. The summed E-state index contributed by atoms with van der Waals surface area (Å²) in [5.74, 6) is 0.768. The van der Waals surface area contributed by atoms with Crippen molar-refractivity contribution in [1.29, 1.82) is 0 Å². The van der Waals surface area contributed by atoms with Gasteiger partial charge in [-0.2, -0.15) is 0 Å². The van der Waals surface area contributed by atoms with Crippen LogP contribution in [0, 0.1) is 6.92 Å². The van der Waals surface area contributed by atoms with Gasteiger partial charge in [-0.3, -0.25) is 0 Å². The molecule has 0 amide bonds. The maximum atomic E-state index is 9.62. The van der Waals surface area contributed by atoms with E-state index in [9.17, 15) is 5.11 Å². The fourth-order valence-corrected chi connectivity index (χ4v) is 1.68. The number of hydrogen-bond donors (Lipinski definition) is 2. The van der Waals surface area contributed by atoms with Crippen LogP contribution < -0.4 is 4.74 Å². The highest BCUT2D eigenvalue weighted by Crippen LogP contribution is 2.26. The second-order valence-electron chi connectivity index (χ2n) is 4.35. The fourth-order valence-electron chi connectivity index (χ4n) is 1.68. The van der Waals surface area contributed by atoms with Crippen LogP contribution in [0.2, 0.25) is 0 Å². The third kappa shape index (κ3) is 4.75. The van der Waals surface area contributed by atoms with Crippen molar-refractivity contribution in [3.8, 4) is 5.75 Å². The summed E-state index contributed by atoms with van der Waals surface area (Å²) in [6, 6.07) is 5.83. The highest BCUT2D eigenvalue weighted by atomic mass is 16.5. The van der Waals surface area contributed by atoms with Crippen LogP contribution in [0.3, 0.4) is 0 Å². The van der Waals surface area contributed by atoms with Crippen LogP contribution in [0.4, 0.5) is 0 Å². The molecule has 1 aromatic rings. The minimum absolute atomic E-state index is 0.239. The van der Waals surface area contributed by atoms with Gasteiger partial charge in [0.2, 0.25) is 0 Å². The molecule has 17 heavy (non-hydrogen) atoms. The van der Waals surface area contributed by atoms with Crippen molar-refractivity contribution < 1.29 is 14.9 Å². The SMILES string of the molecule is Cc1ccc(C(C)O)c(OCCCCCO)c1. The molecule has 0 spiro atoms. The fraction of sp³-hybridized carbons (Fsp3) is 0.571. The van der Waals surface area contributed by atoms with Crippen molar-refractivity contribution in [3.05, 3.63) is 29.3 Å². The molecule has 1 atom stereocenters. The zero-order chi connectivity index (χ0) is 12.7. The van der Waals surface area contributed by atoms with E-state index in [1.807, 2.05) is 25.1 Å². The average molecular weight is 238 g/mol. The molecule has 0 radical (unpaired) electrons. The van der Waals surface area contributed by atoms with E-state index in [2.05, 4.69) is 0 Å². The lowest BCUT2D eigenvalue weighted by Gasteiger charge is -2.14. The van der Waals surface area contributed by atoms with E-state index in [1.54, 1.807) is 6.92 Å². The summed E-state index contributed by atoms with van der Waals surface area (Å²) in [5.41, 5.74) is 1.96. The van der Waals surface area contributed by atoms with Crippen LogP contribution in [0.1, 0.15) is 43.4 Å². The Balaban J connectivity index is 2.53. The van der Waals surface area contributed by atoms with Crippen LogP contribution in [0.15, 0.2) is 18.2 Å². The molecule has 3 heteroatoms.